The summed E-state index contributed by atoms with van der Waals surface area (Å²) in [4.78, 5) is 28.9. The minimum atomic E-state index is -4.47. The van der Waals surface area contributed by atoms with Gasteiger partial charge in [0.25, 0.3) is 0 Å². The molecule has 2 unspecified atom stereocenters. The Bertz CT molecular complexity index is 1670. The SMILES string of the molecule is CN1CCN(c2ccc(NC(=O)Nc3ccc(-c4nc(N5C6CNCC5COC6)c5cnn(CC(F)(F)F)c5n4)cc3)cc2)CC1. The van der Waals surface area contributed by atoms with Crippen molar-refractivity contribution in [1.29, 1.82) is 0 Å². The zero-order valence-corrected chi connectivity index (χ0v) is 25.3. The van der Waals surface area contributed by atoms with Crippen LogP contribution in [0.5, 0.6) is 0 Å². The molecule has 0 aliphatic carbocycles. The molecular weight excluding hydrogens is 601 g/mol. The maximum absolute atomic E-state index is 13.4. The molecule has 3 N–H and O–H groups in total. The number of urea groups is 1. The fourth-order valence-electron chi connectivity index (χ4n) is 6.24. The van der Waals surface area contributed by atoms with Gasteiger partial charge < -0.3 is 35.4 Å². The van der Waals surface area contributed by atoms with Gasteiger partial charge in [-0.15, -0.1) is 0 Å². The van der Waals surface area contributed by atoms with Crippen LogP contribution in [0.1, 0.15) is 0 Å². The van der Waals surface area contributed by atoms with E-state index in [0.29, 0.717) is 54.4 Å². The van der Waals surface area contributed by atoms with Crippen molar-refractivity contribution in [1.82, 2.24) is 30.0 Å². The maximum atomic E-state index is 13.4. The number of ether oxygens (including phenoxy) is 1. The molecule has 12 nitrogen and oxygen atoms in total. The molecule has 4 aromatic rings. The third-order valence-corrected chi connectivity index (χ3v) is 8.61. The molecular formula is C31H35F3N10O2. The van der Waals surface area contributed by atoms with Crippen molar-refractivity contribution in [2.24, 2.45) is 0 Å². The second-order valence-electron chi connectivity index (χ2n) is 11.9. The Balaban J connectivity index is 1.09. The first-order valence-corrected chi connectivity index (χ1v) is 15.3. The lowest BCUT2D eigenvalue weighted by molar-refractivity contribution is -0.141. The summed E-state index contributed by atoms with van der Waals surface area (Å²) in [7, 11) is 2.12. The van der Waals surface area contributed by atoms with E-state index in [1.165, 1.54) is 6.20 Å². The number of halogens is 3. The highest BCUT2D eigenvalue weighted by Gasteiger charge is 2.38. The third kappa shape index (κ3) is 6.43. The van der Waals surface area contributed by atoms with E-state index in [1.807, 2.05) is 24.3 Å². The van der Waals surface area contributed by atoms with Gasteiger partial charge in [-0.1, -0.05) is 0 Å². The van der Waals surface area contributed by atoms with Crippen molar-refractivity contribution >= 4 is 39.9 Å². The van der Waals surface area contributed by atoms with Gasteiger partial charge in [0.1, 0.15) is 12.4 Å². The van der Waals surface area contributed by atoms with Crippen LogP contribution in [0, 0.1) is 0 Å². The molecule has 2 aromatic carbocycles. The summed E-state index contributed by atoms with van der Waals surface area (Å²) < 4.78 is 46.9. The Kier molecular flexibility index (Phi) is 8.13. The molecule has 2 aromatic heterocycles. The highest BCUT2D eigenvalue weighted by Crippen LogP contribution is 2.33. The van der Waals surface area contributed by atoms with Crippen molar-refractivity contribution in [3.8, 4) is 11.4 Å². The minimum Gasteiger partial charge on any atom is -0.377 e. The number of amides is 2. The molecule has 3 fully saturated rings. The van der Waals surface area contributed by atoms with Gasteiger partial charge in [0, 0.05) is 61.9 Å². The topological polar surface area (TPSA) is 116 Å². The number of rotatable bonds is 6. The normalized spacial score (nSPS) is 20.6. The minimum absolute atomic E-state index is 0.0301. The van der Waals surface area contributed by atoms with Gasteiger partial charge in [-0.25, -0.2) is 19.4 Å². The predicted octanol–water partition coefficient (Wildman–Crippen LogP) is 3.63. The van der Waals surface area contributed by atoms with Gasteiger partial charge in [-0.3, -0.25) is 0 Å². The van der Waals surface area contributed by atoms with Crippen LogP contribution in [0.3, 0.4) is 0 Å². The van der Waals surface area contributed by atoms with E-state index in [9.17, 15) is 18.0 Å². The van der Waals surface area contributed by atoms with Crippen LogP contribution in [0.4, 0.5) is 40.8 Å². The zero-order chi connectivity index (χ0) is 31.8. The average molecular weight is 637 g/mol. The average Bonchev–Trinajstić information content (AvgIpc) is 3.42. The number of hydrogen-bond donors (Lipinski definition) is 3. The van der Waals surface area contributed by atoms with Crippen molar-refractivity contribution < 1.29 is 22.7 Å². The Morgan fingerprint density at radius 3 is 2.20 bits per heavy atom. The lowest BCUT2D eigenvalue weighted by Gasteiger charge is -2.46. The standard InChI is InChI=1S/C31H35F3N10O2/c1-41-10-12-42(13-11-41)23-8-6-22(7-9-23)38-30(45)37-21-4-2-20(3-5-21)27-39-28-26(16-36-43(28)19-31(32,33)34)29(40-27)44-24-14-35-15-25(44)18-46-17-24/h2-9,16,24-25,35H,10-15,17-19H2,1H3,(H2,37,38,45). The van der Waals surface area contributed by atoms with Crippen LogP contribution in [0.25, 0.3) is 22.4 Å². The van der Waals surface area contributed by atoms with Gasteiger partial charge in [-0.2, -0.15) is 18.3 Å². The van der Waals surface area contributed by atoms with Gasteiger partial charge in [0.05, 0.1) is 36.9 Å². The number of aromatic nitrogens is 4. The molecule has 2 bridgehead atoms. The first-order chi connectivity index (χ1) is 22.2. The molecule has 3 aliphatic heterocycles. The number of likely N-dealkylation sites (N-methyl/N-ethyl adjacent to an activating group) is 1. The van der Waals surface area contributed by atoms with E-state index >= 15 is 0 Å². The summed E-state index contributed by atoms with van der Waals surface area (Å²) >= 11 is 0. The Labute approximate surface area is 263 Å². The summed E-state index contributed by atoms with van der Waals surface area (Å²) in [5.74, 6) is 0.800. The Morgan fingerprint density at radius 1 is 0.935 bits per heavy atom. The number of piperazine rings is 2. The largest absolute Gasteiger partial charge is 0.408 e. The molecule has 242 valence electrons. The number of morpholine rings is 1. The first kappa shape index (κ1) is 30.2. The van der Waals surface area contributed by atoms with Crippen LogP contribution in [0.2, 0.25) is 0 Å². The Morgan fingerprint density at radius 2 is 1.57 bits per heavy atom. The third-order valence-electron chi connectivity index (χ3n) is 8.61. The monoisotopic (exact) mass is 636 g/mol. The smallest absolute Gasteiger partial charge is 0.377 e. The number of anilines is 4. The highest BCUT2D eigenvalue weighted by atomic mass is 19.4. The molecule has 7 rings (SSSR count). The summed E-state index contributed by atoms with van der Waals surface area (Å²) in [6, 6.07) is 14.2. The quantitative estimate of drug-likeness (QED) is 0.292. The molecule has 2 atom stereocenters. The highest BCUT2D eigenvalue weighted by molar-refractivity contribution is 6.00. The Hall–Kier alpha value is -4.47. The second kappa shape index (κ2) is 12.4. The molecule has 46 heavy (non-hydrogen) atoms. The number of alkyl halides is 3. The number of nitrogens with one attached hydrogen (secondary N) is 3. The van der Waals surface area contributed by atoms with E-state index in [4.69, 9.17) is 9.72 Å². The van der Waals surface area contributed by atoms with Gasteiger partial charge in [0.2, 0.25) is 0 Å². The lowest BCUT2D eigenvalue weighted by atomic mass is 10.1. The van der Waals surface area contributed by atoms with E-state index < -0.39 is 18.8 Å². The number of carbonyl (C=O) groups excluding carboxylic acids is 1. The fraction of sp³-hybridized carbons (Fsp3) is 0.419. The maximum Gasteiger partial charge on any atom is 0.408 e. The van der Waals surface area contributed by atoms with Crippen molar-refractivity contribution in [2.45, 2.75) is 24.8 Å². The van der Waals surface area contributed by atoms with Gasteiger partial charge in [0.15, 0.2) is 11.5 Å². The van der Waals surface area contributed by atoms with Crippen LogP contribution < -0.4 is 25.8 Å². The zero-order valence-electron chi connectivity index (χ0n) is 25.3. The van der Waals surface area contributed by atoms with E-state index in [2.05, 4.69) is 47.8 Å². The van der Waals surface area contributed by atoms with Gasteiger partial charge >= 0.3 is 12.2 Å². The molecule has 0 spiro atoms. The van der Waals surface area contributed by atoms with Crippen molar-refractivity contribution in [3.05, 3.63) is 54.7 Å². The molecule has 2 amide bonds. The first-order valence-electron chi connectivity index (χ1n) is 15.3. The van der Waals surface area contributed by atoms with Crippen LogP contribution in [-0.2, 0) is 11.3 Å². The summed E-state index contributed by atoms with van der Waals surface area (Å²) in [6.45, 7) is 4.96. The summed E-state index contributed by atoms with van der Waals surface area (Å²) in [5, 5.41) is 13.6. The van der Waals surface area contributed by atoms with Crippen LogP contribution in [-0.4, -0.2) is 108 Å². The van der Waals surface area contributed by atoms with Crippen molar-refractivity contribution in [3.63, 3.8) is 0 Å². The van der Waals surface area contributed by atoms with E-state index in [-0.39, 0.29) is 23.6 Å². The molecule has 3 saturated heterocycles. The second-order valence-corrected chi connectivity index (χ2v) is 11.9. The van der Waals surface area contributed by atoms with E-state index in [0.717, 1.165) is 36.5 Å². The number of carbonyl (C=O) groups is 1. The lowest BCUT2D eigenvalue weighted by Crippen LogP contribution is -2.64. The molecule has 15 heteroatoms. The molecule has 5 heterocycles. The number of hydrogen-bond acceptors (Lipinski definition) is 9. The molecule has 3 aliphatic rings. The predicted molar refractivity (Wildman–Crippen MR) is 169 cm³/mol. The van der Waals surface area contributed by atoms with Crippen LogP contribution in [0.15, 0.2) is 54.7 Å². The number of fused-ring (bicyclic) bond motifs is 3. The molecule has 0 saturated carbocycles. The number of nitrogens with zero attached hydrogens (tertiary/aromatic N) is 7. The van der Waals surface area contributed by atoms with Crippen LogP contribution >= 0.6 is 0 Å². The fourth-order valence-corrected chi connectivity index (χ4v) is 6.24. The number of benzene rings is 2. The molecule has 0 radical (unpaired) electrons. The van der Waals surface area contributed by atoms with E-state index in [1.54, 1.807) is 24.3 Å². The van der Waals surface area contributed by atoms with Gasteiger partial charge in [-0.05, 0) is 55.6 Å². The van der Waals surface area contributed by atoms with Crippen molar-refractivity contribution in [2.75, 3.05) is 80.0 Å². The summed E-state index contributed by atoms with van der Waals surface area (Å²) in [6.07, 6.45) is -3.06. The summed E-state index contributed by atoms with van der Waals surface area (Å²) in [5.41, 5.74) is 3.01.